The number of rotatable bonds is 1. The molecule has 2 N–H and O–H groups in total. The SMILES string of the molecule is C=C1C[C@@H](O)[C@@H](Br)C(C)(C)[C@@]12C=C[C@](O)(CBr)CC2. The molecule has 1 saturated carbocycles. The summed E-state index contributed by atoms with van der Waals surface area (Å²) >= 11 is 7.03. The van der Waals surface area contributed by atoms with E-state index in [1.165, 1.54) is 0 Å². The second-order valence-electron chi connectivity index (χ2n) is 6.54. The van der Waals surface area contributed by atoms with E-state index < -0.39 is 11.7 Å². The largest absolute Gasteiger partial charge is 0.392 e. The summed E-state index contributed by atoms with van der Waals surface area (Å²) in [6.07, 6.45) is 5.85. The summed E-state index contributed by atoms with van der Waals surface area (Å²) in [5.74, 6) is 0. The van der Waals surface area contributed by atoms with Gasteiger partial charge < -0.3 is 10.2 Å². The van der Waals surface area contributed by atoms with Crippen LogP contribution in [0.3, 0.4) is 0 Å². The molecule has 0 heterocycles. The third kappa shape index (κ3) is 2.29. The minimum Gasteiger partial charge on any atom is -0.392 e. The van der Waals surface area contributed by atoms with E-state index in [-0.39, 0.29) is 15.7 Å². The van der Waals surface area contributed by atoms with Crippen LogP contribution in [-0.2, 0) is 0 Å². The summed E-state index contributed by atoms with van der Waals surface area (Å²) in [7, 11) is 0. The fourth-order valence-corrected chi connectivity index (χ4v) is 4.60. The van der Waals surface area contributed by atoms with Crippen molar-refractivity contribution in [2.75, 3.05) is 5.33 Å². The van der Waals surface area contributed by atoms with E-state index in [4.69, 9.17) is 0 Å². The Morgan fingerprint density at radius 2 is 2.00 bits per heavy atom. The number of halogens is 2. The van der Waals surface area contributed by atoms with E-state index >= 15 is 0 Å². The molecule has 19 heavy (non-hydrogen) atoms. The van der Waals surface area contributed by atoms with Gasteiger partial charge in [-0.3, -0.25) is 0 Å². The quantitative estimate of drug-likeness (QED) is 0.528. The molecule has 2 nitrogen and oxygen atoms in total. The van der Waals surface area contributed by atoms with E-state index in [1.807, 2.05) is 6.08 Å². The zero-order chi connectivity index (χ0) is 14.5. The summed E-state index contributed by atoms with van der Waals surface area (Å²) in [6, 6.07) is 0. The van der Waals surface area contributed by atoms with Crippen molar-refractivity contribution in [1.82, 2.24) is 0 Å². The van der Waals surface area contributed by atoms with Gasteiger partial charge in [-0.1, -0.05) is 70.0 Å². The minimum atomic E-state index is -0.751. The van der Waals surface area contributed by atoms with Gasteiger partial charge in [0.05, 0.1) is 11.7 Å². The van der Waals surface area contributed by atoms with Crippen molar-refractivity contribution in [3.8, 4) is 0 Å². The van der Waals surface area contributed by atoms with Crippen LogP contribution in [0.5, 0.6) is 0 Å². The highest BCUT2D eigenvalue weighted by Gasteiger charge is 2.56. The molecule has 4 heteroatoms. The van der Waals surface area contributed by atoms with Crippen LogP contribution in [0.1, 0.15) is 33.1 Å². The second-order valence-corrected chi connectivity index (χ2v) is 8.09. The van der Waals surface area contributed by atoms with E-state index in [9.17, 15) is 10.2 Å². The normalized spacial score (nSPS) is 45.7. The topological polar surface area (TPSA) is 40.5 Å². The Labute approximate surface area is 132 Å². The van der Waals surface area contributed by atoms with Crippen LogP contribution in [0, 0.1) is 10.8 Å². The van der Waals surface area contributed by atoms with Crippen molar-refractivity contribution in [2.45, 2.75) is 49.6 Å². The smallest absolute Gasteiger partial charge is 0.0924 e. The van der Waals surface area contributed by atoms with Crippen LogP contribution in [0.4, 0.5) is 0 Å². The first-order chi connectivity index (χ1) is 8.68. The summed E-state index contributed by atoms with van der Waals surface area (Å²) in [6.45, 7) is 8.56. The Hall–Kier alpha value is 0.360. The van der Waals surface area contributed by atoms with Crippen molar-refractivity contribution >= 4 is 31.9 Å². The predicted octanol–water partition coefficient (Wildman–Crippen LogP) is 3.56. The molecule has 0 aliphatic heterocycles. The Balaban J connectivity index is 2.43. The summed E-state index contributed by atoms with van der Waals surface area (Å²) in [5.41, 5.74) is 0.0498. The average molecular weight is 394 g/mol. The fraction of sp³-hybridized carbons (Fsp3) is 0.733. The first-order valence-corrected chi connectivity index (χ1v) is 8.71. The highest BCUT2D eigenvalue weighted by atomic mass is 79.9. The highest BCUT2D eigenvalue weighted by molar-refractivity contribution is 9.09. The third-order valence-corrected chi connectivity index (χ3v) is 7.85. The third-order valence-electron chi connectivity index (χ3n) is 5.13. The molecule has 108 valence electrons. The van der Waals surface area contributed by atoms with Gasteiger partial charge in [-0.15, -0.1) is 0 Å². The van der Waals surface area contributed by atoms with E-state index in [0.29, 0.717) is 18.2 Å². The fourth-order valence-electron chi connectivity index (χ4n) is 3.54. The predicted molar refractivity (Wildman–Crippen MR) is 85.8 cm³/mol. The molecule has 0 aromatic heterocycles. The van der Waals surface area contributed by atoms with Gasteiger partial charge >= 0.3 is 0 Å². The van der Waals surface area contributed by atoms with Gasteiger partial charge in [0.25, 0.3) is 0 Å². The first kappa shape index (κ1) is 15.7. The molecule has 2 aliphatic rings. The molecule has 2 rings (SSSR count). The van der Waals surface area contributed by atoms with Crippen LogP contribution in [-0.4, -0.2) is 32.1 Å². The summed E-state index contributed by atoms with van der Waals surface area (Å²) in [5, 5.41) is 21.1. The maximum atomic E-state index is 10.3. The zero-order valence-corrected chi connectivity index (χ0v) is 14.7. The lowest BCUT2D eigenvalue weighted by atomic mass is 9.51. The number of alkyl halides is 2. The van der Waals surface area contributed by atoms with Gasteiger partial charge in [-0.2, -0.15) is 0 Å². The summed E-state index contributed by atoms with van der Waals surface area (Å²) in [4.78, 5) is 0.0327. The number of hydrogen-bond donors (Lipinski definition) is 2. The maximum Gasteiger partial charge on any atom is 0.0924 e. The second kappa shape index (κ2) is 4.97. The first-order valence-electron chi connectivity index (χ1n) is 6.68. The van der Waals surface area contributed by atoms with Gasteiger partial charge in [0.15, 0.2) is 0 Å². The van der Waals surface area contributed by atoms with Crippen molar-refractivity contribution in [3.05, 3.63) is 24.3 Å². The van der Waals surface area contributed by atoms with Crippen LogP contribution < -0.4 is 0 Å². The van der Waals surface area contributed by atoms with Crippen molar-refractivity contribution in [1.29, 1.82) is 0 Å². The molecule has 1 spiro atoms. The summed E-state index contributed by atoms with van der Waals surface area (Å²) < 4.78 is 0. The maximum absolute atomic E-state index is 10.3. The Morgan fingerprint density at radius 3 is 2.47 bits per heavy atom. The van der Waals surface area contributed by atoms with Gasteiger partial charge in [0, 0.05) is 15.6 Å². The van der Waals surface area contributed by atoms with Gasteiger partial charge in [0.1, 0.15) is 0 Å². The Kier molecular flexibility index (Phi) is 4.12. The number of hydrogen-bond acceptors (Lipinski definition) is 2. The van der Waals surface area contributed by atoms with Gasteiger partial charge in [-0.05, 0) is 24.7 Å². The molecule has 0 aromatic carbocycles. The minimum absolute atomic E-state index is 0.0327. The van der Waals surface area contributed by atoms with Crippen LogP contribution in [0.25, 0.3) is 0 Å². The van der Waals surface area contributed by atoms with Crippen molar-refractivity contribution in [2.24, 2.45) is 10.8 Å². The number of aliphatic hydroxyl groups is 2. The van der Waals surface area contributed by atoms with E-state index in [1.54, 1.807) is 0 Å². The zero-order valence-electron chi connectivity index (χ0n) is 11.5. The molecule has 0 unspecified atom stereocenters. The molecular weight excluding hydrogens is 372 g/mol. The van der Waals surface area contributed by atoms with Crippen LogP contribution >= 0.6 is 31.9 Å². The molecule has 0 aromatic rings. The lowest BCUT2D eigenvalue weighted by Gasteiger charge is -2.56. The lowest BCUT2D eigenvalue weighted by Crippen LogP contribution is -2.55. The monoisotopic (exact) mass is 392 g/mol. The van der Waals surface area contributed by atoms with Gasteiger partial charge in [0.2, 0.25) is 0 Å². The lowest BCUT2D eigenvalue weighted by molar-refractivity contribution is 0.00381. The number of aliphatic hydroxyl groups excluding tert-OH is 1. The number of allylic oxidation sites excluding steroid dienone is 1. The van der Waals surface area contributed by atoms with E-state index in [2.05, 4.69) is 58.4 Å². The molecule has 1 fully saturated rings. The van der Waals surface area contributed by atoms with Crippen LogP contribution in [0.2, 0.25) is 0 Å². The molecule has 0 radical (unpaired) electrons. The molecule has 0 amide bonds. The van der Waals surface area contributed by atoms with E-state index in [0.717, 1.165) is 12.0 Å². The Morgan fingerprint density at radius 1 is 1.37 bits per heavy atom. The average Bonchev–Trinajstić information content (AvgIpc) is 2.37. The molecule has 0 bridgehead atoms. The molecule has 4 atom stereocenters. The van der Waals surface area contributed by atoms with Crippen LogP contribution in [0.15, 0.2) is 24.3 Å². The highest BCUT2D eigenvalue weighted by Crippen LogP contribution is 2.60. The molecule has 0 saturated heterocycles. The Bertz CT molecular complexity index is 418. The molecule has 2 aliphatic carbocycles. The molecular formula is C15H22Br2O2. The standard InChI is InChI=1S/C15H22Br2O2/c1-10-8-11(18)12(17)13(2,3)15(10)6-4-14(19,9-16)5-7-15/h4,6,11-12,18-19H,1,5,7-9H2,2-3H3/t11-,12-,14-,15-/m1/s1. The van der Waals surface area contributed by atoms with Gasteiger partial charge in [-0.25, -0.2) is 0 Å². The van der Waals surface area contributed by atoms with Crippen molar-refractivity contribution in [3.63, 3.8) is 0 Å². The van der Waals surface area contributed by atoms with Crippen molar-refractivity contribution < 1.29 is 10.2 Å².